The molecular weight excluding hydrogens is 238 g/mol. The van der Waals surface area contributed by atoms with E-state index in [2.05, 4.69) is 6.58 Å². The minimum Gasteiger partial charge on any atom is -0.192 e. The monoisotopic (exact) mass is 240 g/mol. The summed E-state index contributed by atoms with van der Waals surface area (Å²) in [7, 11) is 0. The Bertz CT molecular complexity index is 748. The first-order valence-corrected chi connectivity index (χ1v) is 4.38. The zero-order valence-corrected chi connectivity index (χ0v) is 8.75. The van der Waals surface area contributed by atoms with Crippen LogP contribution in [0.25, 0.3) is 12.7 Å². The molecule has 84 valence electrons. The van der Waals surface area contributed by atoms with Crippen molar-refractivity contribution >= 4 is 12.7 Å². The van der Waals surface area contributed by atoms with Crippen molar-refractivity contribution in [1.82, 2.24) is 0 Å². The summed E-state index contributed by atoms with van der Waals surface area (Å²) in [6.45, 7) is 3.38. The summed E-state index contributed by atoms with van der Waals surface area (Å²) in [5, 5.41) is 34.1. The molecule has 1 aromatic carbocycles. The van der Waals surface area contributed by atoms with Crippen molar-refractivity contribution in [2.24, 2.45) is 0 Å². The van der Waals surface area contributed by atoms with Crippen molar-refractivity contribution in [2.45, 2.75) is 0 Å². The summed E-state index contributed by atoms with van der Waals surface area (Å²) < 4.78 is 25.6. The molecule has 0 saturated carbocycles. The summed E-state index contributed by atoms with van der Waals surface area (Å²) in [4.78, 5) is 0. The lowest BCUT2D eigenvalue weighted by atomic mass is 9.95. The minimum absolute atomic E-state index is 0.196. The number of nitriles is 4. The normalized spacial score (nSPS) is 8.56. The highest BCUT2D eigenvalue weighted by Gasteiger charge is 2.18. The summed E-state index contributed by atoms with van der Waals surface area (Å²) in [5.41, 5.74) is -2.12. The molecule has 1 rings (SSSR count). The molecule has 0 spiro atoms. The molecule has 6 heteroatoms. The third-order valence-electron chi connectivity index (χ3n) is 2.24. The molecule has 0 heterocycles. The Hall–Kier alpha value is -3.22. The van der Waals surface area contributed by atoms with Gasteiger partial charge in [0.05, 0.1) is 27.5 Å². The van der Waals surface area contributed by atoms with Crippen molar-refractivity contribution in [2.75, 3.05) is 0 Å². The van der Waals surface area contributed by atoms with Crippen LogP contribution >= 0.6 is 0 Å². The first kappa shape index (κ1) is 12.8. The Balaban J connectivity index is 4.38. The quantitative estimate of drug-likeness (QED) is 0.662. The van der Waals surface area contributed by atoms with Crippen molar-refractivity contribution in [3.05, 3.63) is 32.7 Å². The second-order valence-corrected chi connectivity index (χ2v) is 3.06. The van der Waals surface area contributed by atoms with Crippen LogP contribution < -0.4 is 10.4 Å². The summed E-state index contributed by atoms with van der Waals surface area (Å²) in [5.74, 6) is 0. The van der Waals surface area contributed by atoms with E-state index in [4.69, 9.17) is 21.0 Å². The largest absolute Gasteiger partial charge is 0.280 e. The molecular formula is C12H2F2N4. The molecule has 0 saturated heterocycles. The van der Waals surface area contributed by atoms with Crippen LogP contribution in [0.4, 0.5) is 8.78 Å². The molecule has 0 aliphatic carbocycles. The van der Waals surface area contributed by atoms with Gasteiger partial charge in [-0.1, -0.05) is 6.58 Å². The first-order chi connectivity index (χ1) is 8.53. The second-order valence-electron chi connectivity index (χ2n) is 3.06. The Kier molecular flexibility index (Phi) is 3.39. The smallest absolute Gasteiger partial charge is 0.192 e. The molecule has 0 radical (unpaired) electrons. The zero-order valence-electron chi connectivity index (χ0n) is 8.75. The maximum Gasteiger partial charge on any atom is 0.280 e. The average Bonchev–Trinajstić information content (AvgIpc) is 2.36. The van der Waals surface area contributed by atoms with E-state index >= 15 is 0 Å². The van der Waals surface area contributed by atoms with Gasteiger partial charge in [0.25, 0.3) is 6.08 Å². The van der Waals surface area contributed by atoms with Gasteiger partial charge >= 0.3 is 0 Å². The predicted octanol–water partition coefficient (Wildman–Crippen LogP) is 0.588. The number of rotatable bonds is 0. The van der Waals surface area contributed by atoms with Gasteiger partial charge in [-0.15, -0.1) is 0 Å². The van der Waals surface area contributed by atoms with Gasteiger partial charge in [-0.05, 0) is 0 Å². The standard InChI is InChI=1S/C12H2F2N4/c1-6-7(2-15)9(4-17)11(12(13)14)10(5-18)8(6)3-16/h1H2. The molecule has 0 amide bonds. The maximum absolute atomic E-state index is 12.8. The number of halogens is 2. The topological polar surface area (TPSA) is 95.2 Å². The molecule has 0 atom stereocenters. The number of benzene rings is 1. The molecule has 0 N–H and O–H groups in total. The van der Waals surface area contributed by atoms with Crippen molar-refractivity contribution in [3.63, 3.8) is 0 Å². The van der Waals surface area contributed by atoms with Crippen LogP contribution in [0.15, 0.2) is 0 Å². The third-order valence-corrected chi connectivity index (χ3v) is 2.24. The number of hydrogen-bond acceptors (Lipinski definition) is 4. The van der Waals surface area contributed by atoms with Crippen LogP contribution in [-0.4, -0.2) is 0 Å². The van der Waals surface area contributed by atoms with Crippen molar-refractivity contribution in [3.8, 4) is 24.3 Å². The van der Waals surface area contributed by atoms with Crippen LogP contribution in [0.5, 0.6) is 0 Å². The summed E-state index contributed by atoms with van der Waals surface area (Å²) >= 11 is 0. The Morgan fingerprint density at radius 1 is 0.778 bits per heavy atom. The number of nitrogens with zero attached hydrogens (tertiary/aromatic N) is 4. The predicted molar refractivity (Wildman–Crippen MR) is 55.7 cm³/mol. The van der Waals surface area contributed by atoms with E-state index in [0.717, 1.165) is 0 Å². The van der Waals surface area contributed by atoms with Crippen LogP contribution in [-0.2, 0) is 0 Å². The third kappa shape index (κ3) is 1.65. The fourth-order valence-electron chi connectivity index (χ4n) is 1.46. The van der Waals surface area contributed by atoms with Crippen LogP contribution in [0.1, 0.15) is 22.3 Å². The van der Waals surface area contributed by atoms with E-state index in [1.807, 2.05) is 0 Å². The molecule has 0 bridgehead atoms. The minimum atomic E-state index is -2.30. The molecule has 0 aliphatic rings. The van der Waals surface area contributed by atoms with Crippen molar-refractivity contribution < 1.29 is 8.78 Å². The Morgan fingerprint density at radius 2 is 1.11 bits per heavy atom. The van der Waals surface area contributed by atoms with E-state index < -0.39 is 33.6 Å². The molecule has 1 aromatic rings. The van der Waals surface area contributed by atoms with Gasteiger partial charge in [0, 0.05) is 5.22 Å². The van der Waals surface area contributed by atoms with Gasteiger partial charge in [-0.3, -0.25) is 0 Å². The van der Waals surface area contributed by atoms with Gasteiger partial charge < -0.3 is 0 Å². The first-order valence-electron chi connectivity index (χ1n) is 4.38. The highest BCUT2D eigenvalue weighted by atomic mass is 19.3. The van der Waals surface area contributed by atoms with Gasteiger partial charge in [-0.2, -0.15) is 29.8 Å². The lowest BCUT2D eigenvalue weighted by Crippen LogP contribution is -2.26. The average molecular weight is 240 g/mol. The molecule has 4 nitrogen and oxygen atoms in total. The second kappa shape index (κ2) is 4.74. The molecule has 0 aromatic heterocycles. The SMILES string of the molecule is C=c1c(C#N)c(C#N)c(=C(F)F)c(C#N)c1C#N. The van der Waals surface area contributed by atoms with Gasteiger partial charge in [-0.25, -0.2) is 0 Å². The number of hydrogen-bond donors (Lipinski definition) is 0. The van der Waals surface area contributed by atoms with Gasteiger partial charge in [0.1, 0.15) is 24.3 Å². The highest BCUT2D eigenvalue weighted by molar-refractivity contribution is 5.62. The van der Waals surface area contributed by atoms with Crippen LogP contribution in [0.2, 0.25) is 0 Å². The lowest BCUT2D eigenvalue weighted by molar-refractivity contribution is 0.541. The zero-order chi connectivity index (χ0) is 13.9. The maximum atomic E-state index is 12.8. The Labute approximate surface area is 100 Å². The highest BCUT2D eigenvalue weighted by Crippen LogP contribution is 2.08. The fraction of sp³-hybridized carbons (Fsp3) is 0. The van der Waals surface area contributed by atoms with Gasteiger partial charge in [0.15, 0.2) is 0 Å². The molecule has 0 unspecified atom stereocenters. The van der Waals surface area contributed by atoms with Crippen LogP contribution in [0, 0.1) is 45.3 Å². The Morgan fingerprint density at radius 3 is 1.33 bits per heavy atom. The molecule has 0 aliphatic heterocycles. The summed E-state index contributed by atoms with van der Waals surface area (Å²) in [6, 6.07) is 5.97. The van der Waals surface area contributed by atoms with Gasteiger partial charge in [0.2, 0.25) is 0 Å². The summed E-state index contributed by atoms with van der Waals surface area (Å²) in [6.07, 6.45) is -2.30. The van der Waals surface area contributed by atoms with Crippen LogP contribution in [0.3, 0.4) is 0 Å². The van der Waals surface area contributed by atoms with E-state index in [0.29, 0.717) is 0 Å². The molecule has 18 heavy (non-hydrogen) atoms. The molecule has 0 fully saturated rings. The van der Waals surface area contributed by atoms with E-state index in [-0.39, 0.29) is 5.22 Å². The van der Waals surface area contributed by atoms with E-state index in [1.165, 1.54) is 12.1 Å². The van der Waals surface area contributed by atoms with E-state index in [1.54, 1.807) is 12.1 Å². The van der Waals surface area contributed by atoms with E-state index in [9.17, 15) is 8.78 Å². The fourth-order valence-corrected chi connectivity index (χ4v) is 1.46. The lowest BCUT2D eigenvalue weighted by Gasteiger charge is -2.02. The van der Waals surface area contributed by atoms with Crippen molar-refractivity contribution in [1.29, 1.82) is 21.0 Å².